The molecule has 1 amide bonds. The van der Waals surface area contributed by atoms with Crippen molar-refractivity contribution in [2.24, 2.45) is 0 Å². The van der Waals surface area contributed by atoms with Crippen LogP contribution in [0.15, 0.2) is 47.7 Å². The van der Waals surface area contributed by atoms with Gasteiger partial charge in [-0.1, -0.05) is 6.07 Å². The zero-order chi connectivity index (χ0) is 21.5. The van der Waals surface area contributed by atoms with Gasteiger partial charge >= 0.3 is 0 Å². The second kappa shape index (κ2) is 7.65. The quantitative estimate of drug-likeness (QED) is 0.814. The van der Waals surface area contributed by atoms with Crippen LogP contribution in [0.3, 0.4) is 0 Å². The Morgan fingerprint density at radius 2 is 1.77 bits per heavy atom. The van der Waals surface area contributed by atoms with Crippen molar-refractivity contribution in [3.05, 3.63) is 58.8 Å². The summed E-state index contributed by atoms with van der Waals surface area (Å²) < 4.78 is 21.8. The number of Topliss-reactive ketones (excluding diaryl/α,β-unsaturated/α-hetero) is 1. The van der Waals surface area contributed by atoms with Crippen LogP contribution in [0.2, 0.25) is 0 Å². The summed E-state index contributed by atoms with van der Waals surface area (Å²) in [5.41, 5.74) is 3.18. The fraction of sp³-hybridized carbons (Fsp3) is 0.333. The molecule has 1 aliphatic carbocycles. The van der Waals surface area contributed by atoms with E-state index in [4.69, 9.17) is 18.9 Å². The van der Waals surface area contributed by atoms with Gasteiger partial charge in [0.1, 0.15) is 11.5 Å². The number of ketones is 1. The first-order valence-corrected chi connectivity index (χ1v) is 10.2. The first-order chi connectivity index (χ1) is 15.1. The van der Waals surface area contributed by atoms with Gasteiger partial charge in [0.15, 0.2) is 17.3 Å². The normalized spacial score (nSPS) is 22.1. The first kappa shape index (κ1) is 19.5. The van der Waals surface area contributed by atoms with E-state index in [9.17, 15) is 9.59 Å². The highest BCUT2D eigenvalue weighted by Crippen LogP contribution is 2.46. The Labute approximate surface area is 179 Å². The number of benzene rings is 2. The zero-order valence-electron chi connectivity index (χ0n) is 17.4. The lowest BCUT2D eigenvalue weighted by Crippen LogP contribution is -2.38. The molecule has 2 heterocycles. The summed E-state index contributed by atoms with van der Waals surface area (Å²) in [6.45, 7) is 0.181. The Hall–Kier alpha value is -3.48. The molecule has 0 unspecified atom stereocenters. The van der Waals surface area contributed by atoms with Crippen molar-refractivity contribution in [2.75, 3.05) is 21.0 Å². The average molecular weight is 421 g/mol. The molecule has 0 saturated heterocycles. The number of hydrogen-bond donors (Lipinski definition) is 1. The number of amides is 1. The molecule has 2 aliphatic heterocycles. The third-order valence-electron chi connectivity index (χ3n) is 6.21. The standard InChI is InChI=1S/C24H23NO6/c1-28-15-4-6-20(29-2)16(10-15)14-7-18-24(19(26)8-14)17(11-23(27)25-18)13-3-5-21-22(9-13)31-12-30-21/h3-6,9-10,14,17H,7-8,11-12H2,1-2H3,(H,25,27)/t14-,17-/m1/s1. The van der Waals surface area contributed by atoms with Gasteiger partial charge < -0.3 is 24.3 Å². The fourth-order valence-electron chi connectivity index (χ4n) is 4.75. The number of carbonyl (C=O) groups excluding carboxylic acids is 2. The van der Waals surface area contributed by atoms with Crippen LogP contribution in [0.1, 0.15) is 42.2 Å². The number of rotatable bonds is 4. The third-order valence-corrected chi connectivity index (χ3v) is 6.21. The van der Waals surface area contributed by atoms with Crippen molar-refractivity contribution in [1.82, 2.24) is 5.32 Å². The molecule has 3 aliphatic rings. The molecule has 2 atom stereocenters. The minimum atomic E-state index is -0.293. The average Bonchev–Trinajstić information content (AvgIpc) is 3.25. The molecule has 2 aromatic carbocycles. The van der Waals surface area contributed by atoms with Gasteiger partial charge in [-0.15, -0.1) is 0 Å². The maximum atomic E-state index is 13.4. The van der Waals surface area contributed by atoms with Crippen molar-refractivity contribution in [3.8, 4) is 23.0 Å². The van der Waals surface area contributed by atoms with Crippen LogP contribution in [0, 0.1) is 0 Å². The SMILES string of the molecule is COc1ccc(OC)c([C@H]2CC(=O)C3=C(C2)NC(=O)C[C@@H]3c2ccc3c(c2)OCO3)c1. The van der Waals surface area contributed by atoms with E-state index in [1.54, 1.807) is 14.2 Å². The van der Waals surface area contributed by atoms with E-state index in [2.05, 4.69) is 5.32 Å². The first-order valence-electron chi connectivity index (χ1n) is 10.2. The van der Waals surface area contributed by atoms with Crippen molar-refractivity contribution in [1.29, 1.82) is 0 Å². The minimum absolute atomic E-state index is 0.0405. The Morgan fingerprint density at radius 3 is 2.58 bits per heavy atom. The van der Waals surface area contributed by atoms with Gasteiger partial charge in [-0.25, -0.2) is 0 Å². The number of carbonyl (C=O) groups is 2. The van der Waals surface area contributed by atoms with E-state index in [-0.39, 0.29) is 36.7 Å². The predicted octanol–water partition coefficient (Wildman–Crippen LogP) is 3.44. The highest BCUT2D eigenvalue weighted by Gasteiger charge is 2.39. The fourth-order valence-corrected chi connectivity index (χ4v) is 4.75. The number of ether oxygens (including phenoxy) is 4. The van der Waals surface area contributed by atoms with Crippen LogP contribution in [0.4, 0.5) is 0 Å². The molecule has 1 N–H and O–H groups in total. The van der Waals surface area contributed by atoms with E-state index in [1.165, 1.54) is 0 Å². The molecular weight excluding hydrogens is 398 g/mol. The molecule has 0 radical (unpaired) electrons. The Bertz CT molecular complexity index is 1110. The van der Waals surface area contributed by atoms with E-state index < -0.39 is 0 Å². The van der Waals surface area contributed by atoms with E-state index in [1.807, 2.05) is 36.4 Å². The smallest absolute Gasteiger partial charge is 0.231 e. The lowest BCUT2D eigenvalue weighted by molar-refractivity contribution is -0.122. The molecule has 0 spiro atoms. The summed E-state index contributed by atoms with van der Waals surface area (Å²) in [6.07, 6.45) is 1.13. The number of nitrogens with one attached hydrogen (secondary N) is 1. The summed E-state index contributed by atoms with van der Waals surface area (Å²) in [5, 5.41) is 2.96. The van der Waals surface area contributed by atoms with Gasteiger partial charge in [0, 0.05) is 41.5 Å². The van der Waals surface area contributed by atoms with Crippen molar-refractivity contribution < 1.29 is 28.5 Å². The molecule has 0 bridgehead atoms. The van der Waals surface area contributed by atoms with Gasteiger partial charge in [0.05, 0.1) is 14.2 Å². The molecule has 2 aromatic rings. The molecule has 7 nitrogen and oxygen atoms in total. The Kier molecular flexibility index (Phi) is 4.81. The summed E-state index contributed by atoms with van der Waals surface area (Å²) >= 11 is 0. The Balaban J connectivity index is 1.52. The lowest BCUT2D eigenvalue weighted by Gasteiger charge is -2.35. The zero-order valence-corrected chi connectivity index (χ0v) is 17.4. The summed E-state index contributed by atoms with van der Waals surface area (Å²) in [7, 11) is 3.22. The van der Waals surface area contributed by atoms with Gasteiger partial charge in [0.25, 0.3) is 0 Å². The third kappa shape index (κ3) is 3.40. The summed E-state index contributed by atoms with van der Waals surface area (Å²) in [5.74, 6) is 2.29. The van der Waals surface area contributed by atoms with Crippen LogP contribution in [-0.2, 0) is 9.59 Å². The number of fused-ring (bicyclic) bond motifs is 1. The molecule has 0 fully saturated rings. The largest absolute Gasteiger partial charge is 0.497 e. The second-order valence-corrected chi connectivity index (χ2v) is 7.95. The topological polar surface area (TPSA) is 83.1 Å². The maximum absolute atomic E-state index is 13.4. The molecule has 0 aromatic heterocycles. The molecule has 5 rings (SSSR count). The molecule has 31 heavy (non-hydrogen) atoms. The number of methoxy groups -OCH3 is 2. The monoisotopic (exact) mass is 421 g/mol. The van der Waals surface area contributed by atoms with Gasteiger partial charge in [-0.3, -0.25) is 9.59 Å². The number of hydrogen-bond acceptors (Lipinski definition) is 6. The van der Waals surface area contributed by atoms with E-state index in [0.29, 0.717) is 47.1 Å². The molecule has 0 saturated carbocycles. The van der Waals surface area contributed by atoms with Gasteiger partial charge in [-0.2, -0.15) is 0 Å². The summed E-state index contributed by atoms with van der Waals surface area (Å²) in [6, 6.07) is 11.2. The second-order valence-electron chi connectivity index (χ2n) is 7.95. The molecular formula is C24H23NO6. The van der Waals surface area contributed by atoms with Crippen LogP contribution in [0.25, 0.3) is 0 Å². The summed E-state index contributed by atoms with van der Waals surface area (Å²) in [4.78, 5) is 25.9. The van der Waals surface area contributed by atoms with E-state index in [0.717, 1.165) is 11.1 Å². The highest BCUT2D eigenvalue weighted by molar-refractivity contribution is 6.02. The Morgan fingerprint density at radius 1 is 0.935 bits per heavy atom. The molecule has 7 heteroatoms. The predicted molar refractivity (Wildman–Crippen MR) is 112 cm³/mol. The minimum Gasteiger partial charge on any atom is -0.497 e. The maximum Gasteiger partial charge on any atom is 0.231 e. The van der Waals surface area contributed by atoms with Gasteiger partial charge in [0.2, 0.25) is 12.7 Å². The lowest BCUT2D eigenvalue weighted by atomic mass is 9.73. The van der Waals surface area contributed by atoms with Crippen LogP contribution in [-0.4, -0.2) is 32.7 Å². The van der Waals surface area contributed by atoms with Crippen molar-refractivity contribution >= 4 is 11.7 Å². The van der Waals surface area contributed by atoms with Crippen molar-refractivity contribution in [2.45, 2.75) is 31.1 Å². The molecule has 160 valence electrons. The van der Waals surface area contributed by atoms with Crippen molar-refractivity contribution in [3.63, 3.8) is 0 Å². The van der Waals surface area contributed by atoms with Crippen LogP contribution < -0.4 is 24.3 Å². The highest BCUT2D eigenvalue weighted by atomic mass is 16.7. The van der Waals surface area contributed by atoms with Crippen LogP contribution in [0.5, 0.6) is 23.0 Å². The number of allylic oxidation sites excluding steroid dienone is 2. The van der Waals surface area contributed by atoms with Gasteiger partial charge in [-0.05, 0) is 42.3 Å². The van der Waals surface area contributed by atoms with E-state index >= 15 is 0 Å². The van der Waals surface area contributed by atoms with Crippen LogP contribution >= 0.6 is 0 Å².